The topological polar surface area (TPSA) is 84.0 Å². The maximum atomic E-state index is 13.8. The molecule has 1 aliphatic carbocycles. The molecule has 27 heavy (non-hydrogen) atoms. The molecule has 2 aromatic rings. The van der Waals surface area contributed by atoms with Gasteiger partial charge in [0.2, 0.25) is 10.0 Å². The van der Waals surface area contributed by atoms with E-state index in [4.69, 9.17) is 0 Å². The van der Waals surface area contributed by atoms with Crippen LogP contribution in [-0.2, 0) is 10.0 Å². The van der Waals surface area contributed by atoms with E-state index >= 15 is 0 Å². The molecule has 1 saturated carbocycles. The highest BCUT2D eigenvalue weighted by Crippen LogP contribution is 2.25. The average Bonchev–Trinajstić information content (AvgIpc) is 2.68. The molecule has 0 amide bonds. The number of nitrogens with one attached hydrogen (secondary N) is 2. The predicted molar refractivity (Wildman–Crippen MR) is 104 cm³/mol. The third kappa shape index (κ3) is 5.46. The molecule has 0 spiro atoms. The Labute approximate surface area is 159 Å². The van der Waals surface area contributed by atoms with Gasteiger partial charge in [0.15, 0.2) is 0 Å². The first-order chi connectivity index (χ1) is 13.0. The molecule has 1 aliphatic rings. The van der Waals surface area contributed by atoms with Crippen LogP contribution in [0.15, 0.2) is 36.4 Å². The second kappa shape index (κ2) is 8.75. The van der Waals surface area contributed by atoms with Gasteiger partial charge in [0.25, 0.3) is 0 Å². The van der Waals surface area contributed by atoms with Crippen molar-refractivity contribution in [3.05, 3.63) is 42.2 Å². The summed E-state index contributed by atoms with van der Waals surface area (Å²) in [5.74, 6) is 0.933. The third-order valence-corrected chi connectivity index (χ3v) is 6.41. The van der Waals surface area contributed by atoms with Crippen LogP contribution in [-0.4, -0.2) is 37.0 Å². The fraction of sp³-hybridized carbons (Fsp3) is 0.474. The Kier molecular flexibility index (Phi) is 6.38. The predicted octanol–water partition coefficient (Wildman–Crippen LogP) is 3.19. The first-order valence-electron chi connectivity index (χ1n) is 9.29. The van der Waals surface area contributed by atoms with Crippen molar-refractivity contribution in [1.82, 2.24) is 14.9 Å². The fourth-order valence-corrected chi connectivity index (χ4v) is 4.22. The second-order valence-corrected chi connectivity index (χ2v) is 8.95. The van der Waals surface area contributed by atoms with Crippen molar-refractivity contribution in [1.29, 1.82) is 0 Å². The number of hydrogen-bond donors (Lipinski definition) is 2. The van der Waals surface area contributed by atoms with E-state index < -0.39 is 10.0 Å². The summed E-state index contributed by atoms with van der Waals surface area (Å²) >= 11 is 0. The number of rotatable bonds is 7. The average molecular weight is 393 g/mol. The van der Waals surface area contributed by atoms with Crippen LogP contribution in [0.2, 0.25) is 0 Å². The Bertz CT molecular complexity index is 850. The van der Waals surface area contributed by atoms with Crippen molar-refractivity contribution in [3.8, 4) is 11.3 Å². The molecule has 0 aliphatic heterocycles. The van der Waals surface area contributed by atoms with E-state index in [-0.39, 0.29) is 17.6 Å². The number of benzene rings is 1. The van der Waals surface area contributed by atoms with Gasteiger partial charge in [-0.25, -0.2) is 17.5 Å². The molecule has 146 valence electrons. The van der Waals surface area contributed by atoms with Gasteiger partial charge >= 0.3 is 0 Å². The highest BCUT2D eigenvalue weighted by molar-refractivity contribution is 7.89. The van der Waals surface area contributed by atoms with Crippen LogP contribution in [0.1, 0.15) is 32.6 Å². The van der Waals surface area contributed by atoms with Crippen molar-refractivity contribution in [2.45, 2.75) is 38.6 Å². The highest BCUT2D eigenvalue weighted by atomic mass is 32.2. The lowest BCUT2D eigenvalue weighted by molar-refractivity contribution is 0.324. The molecule has 0 bridgehead atoms. The Morgan fingerprint density at radius 1 is 1.07 bits per heavy atom. The lowest BCUT2D eigenvalue weighted by Gasteiger charge is -2.29. The smallest absolute Gasteiger partial charge is 0.211 e. The molecule has 1 aromatic carbocycles. The summed E-state index contributed by atoms with van der Waals surface area (Å²) in [5, 5.41) is 11.5. The zero-order valence-electron chi connectivity index (χ0n) is 15.4. The summed E-state index contributed by atoms with van der Waals surface area (Å²) in [7, 11) is -3.13. The summed E-state index contributed by atoms with van der Waals surface area (Å²) in [6.45, 7) is 2.41. The number of aromatic nitrogens is 2. The molecule has 1 heterocycles. The van der Waals surface area contributed by atoms with Crippen molar-refractivity contribution >= 4 is 15.8 Å². The van der Waals surface area contributed by atoms with Crippen molar-refractivity contribution in [2.75, 3.05) is 17.6 Å². The molecule has 1 fully saturated rings. The Balaban J connectivity index is 1.48. The summed E-state index contributed by atoms with van der Waals surface area (Å²) in [6.07, 6.45) is 3.63. The number of anilines is 1. The van der Waals surface area contributed by atoms with Gasteiger partial charge in [-0.2, -0.15) is 0 Å². The summed E-state index contributed by atoms with van der Waals surface area (Å²) in [5.41, 5.74) is 0.937. The fourth-order valence-electron chi connectivity index (χ4n) is 3.31. The SMILES string of the molecule is CCS(=O)(=O)NC1CCC(CNc2ccc(-c3ccccc3F)nn2)CC1. The molecular weight excluding hydrogens is 367 g/mol. The minimum atomic E-state index is -3.13. The quantitative estimate of drug-likeness (QED) is 0.756. The molecular formula is C19H25FN4O2S. The van der Waals surface area contributed by atoms with E-state index in [1.54, 1.807) is 37.3 Å². The Morgan fingerprint density at radius 3 is 2.44 bits per heavy atom. The van der Waals surface area contributed by atoms with E-state index in [0.29, 0.717) is 23.0 Å². The summed E-state index contributed by atoms with van der Waals surface area (Å²) in [4.78, 5) is 0. The van der Waals surface area contributed by atoms with Crippen LogP contribution < -0.4 is 10.0 Å². The van der Waals surface area contributed by atoms with E-state index in [0.717, 1.165) is 32.2 Å². The van der Waals surface area contributed by atoms with E-state index in [2.05, 4.69) is 20.2 Å². The molecule has 0 radical (unpaired) electrons. The van der Waals surface area contributed by atoms with Crippen LogP contribution in [0.25, 0.3) is 11.3 Å². The van der Waals surface area contributed by atoms with E-state index in [1.165, 1.54) is 6.07 Å². The van der Waals surface area contributed by atoms with Gasteiger partial charge in [0.1, 0.15) is 11.6 Å². The second-order valence-electron chi connectivity index (χ2n) is 6.90. The molecule has 2 N–H and O–H groups in total. The lowest BCUT2D eigenvalue weighted by atomic mass is 9.86. The monoisotopic (exact) mass is 392 g/mol. The van der Waals surface area contributed by atoms with Gasteiger partial charge in [-0.15, -0.1) is 10.2 Å². The molecule has 6 nitrogen and oxygen atoms in total. The van der Waals surface area contributed by atoms with Crippen LogP contribution in [0.4, 0.5) is 10.2 Å². The van der Waals surface area contributed by atoms with Gasteiger partial charge < -0.3 is 5.32 Å². The largest absolute Gasteiger partial charge is 0.368 e. The number of nitrogens with zero attached hydrogens (tertiary/aromatic N) is 2. The van der Waals surface area contributed by atoms with Crippen LogP contribution in [0.3, 0.4) is 0 Å². The zero-order chi connectivity index (χ0) is 19.3. The minimum Gasteiger partial charge on any atom is -0.368 e. The number of hydrogen-bond acceptors (Lipinski definition) is 5. The molecule has 1 aromatic heterocycles. The molecule has 0 saturated heterocycles. The standard InChI is InChI=1S/C19H25FN4O2S/c1-2-27(25,26)24-15-9-7-14(8-10-15)13-21-19-12-11-18(22-23-19)16-5-3-4-6-17(16)20/h3-6,11-12,14-15,24H,2,7-10,13H2,1H3,(H,21,23). The van der Waals surface area contributed by atoms with Crippen molar-refractivity contribution in [2.24, 2.45) is 5.92 Å². The first-order valence-corrected chi connectivity index (χ1v) is 10.9. The molecule has 0 atom stereocenters. The summed E-state index contributed by atoms with van der Waals surface area (Å²) in [6, 6.07) is 10.1. The molecule has 8 heteroatoms. The zero-order valence-corrected chi connectivity index (χ0v) is 16.2. The maximum Gasteiger partial charge on any atom is 0.211 e. The third-order valence-electron chi connectivity index (χ3n) is 4.96. The Hall–Kier alpha value is -2.06. The van der Waals surface area contributed by atoms with Gasteiger partial charge in [0, 0.05) is 18.2 Å². The maximum absolute atomic E-state index is 13.8. The number of halogens is 1. The Morgan fingerprint density at radius 2 is 1.81 bits per heavy atom. The summed E-state index contributed by atoms with van der Waals surface area (Å²) < 4.78 is 39.9. The molecule has 3 rings (SSSR count). The van der Waals surface area contributed by atoms with Gasteiger partial charge in [-0.05, 0) is 62.8 Å². The lowest BCUT2D eigenvalue weighted by Crippen LogP contribution is -2.39. The highest BCUT2D eigenvalue weighted by Gasteiger charge is 2.24. The van der Waals surface area contributed by atoms with E-state index in [1.807, 2.05) is 0 Å². The van der Waals surface area contributed by atoms with Crippen molar-refractivity contribution in [3.63, 3.8) is 0 Å². The first kappa shape index (κ1) is 19.7. The van der Waals surface area contributed by atoms with E-state index in [9.17, 15) is 12.8 Å². The van der Waals surface area contributed by atoms with Crippen LogP contribution in [0.5, 0.6) is 0 Å². The van der Waals surface area contributed by atoms with Crippen molar-refractivity contribution < 1.29 is 12.8 Å². The van der Waals surface area contributed by atoms with Crippen LogP contribution in [0, 0.1) is 11.7 Å². The van der Waals surface area contributed by atoms with Gasteiger partial charge in [-0.1, -0.05) is 12.1 Å². The van der Waals surface area contributed by atoms with Gasteiger partial charge in [0.05, 0.1) is 11.4 Å². The normalized spacial score (nSPS) is 20.4. The number of sulfonamides is 1. The minimum absolute atomic E-state index is 0.0473. The van der Waals surface area contributed by atoms with Gasteiger partial charge in [-0.3, -0.25) is 0 Å². The van der Waals surface area contributed by atoms with Crippen LogP contribution >= 0.6 is 0 Å². The molecule has 0 unspecified atom stereocenters.